The standard InChI is InChI=1S/C10H12N4O4/c1-11-9(15)13(2)10(16)12-7-3-5-8(6-4-7)14(17)18/h3-6H,1-2H3,(H,11,15)(H,12,16). The van der Waals surface area contributed by atoms with Crippen LogP contribution in [-0.4, -0.2) is 36.0 Å². The van der Waals surface area contributed by atoms with E-state index in [1.54, 1.807) is 0 Å². The van der Waals surface area contributed by atoms with Crippen molar-refractivity contribution in [3.63, 3.8) is 0 Å². The van der Waals surface area contributed by atoms with E-state index in [9.17, 15) is 19.7 Å². The molecule has 0 atom stereocenters. The number of nitro groups is 1. The predicted octanol–water partition coefficient (Wildman–Crippen LogP) is 1.40. The fraction of sp³-hybridized carbons (Fsp3) is 0.200. The van der Waals surface area contributed by atoms with Gasteiger partial charge >= 0.3 is 12.1 Å². The summed E-state index contributed by atoms with van der Waals surface area (Å²) < 4.78 is 0. The number of hydrogen-bond donors (Lipinski definition) is 2. The Morgan fingerprint density at radius 2 is 1.78 bits per heavy atom. The molecule has 0 spiro atoms. The predicted molar refractivity (Wildman–Crippen MR) is 64.3 cm³/mol. The quantitative estimate of drug-likeness (QED) is 0.613. The number of anilines is 1. The number of urea groups is 2. The molecule has 0 aromatic heterocycles. The van der Waals surface area contributed by atoms with Gasteiger partial charge in [-0.05, 0) is 12.1 Å². The minimum absolute atomic E-state index is 0.0762. The van der Waals surface area contributed by atoms with Crippen molar-refractivity contribution in [1.29, 1.82) is 0 Å². The van der Waals surface area contributed by atoms with Crippen LogP contribution in [0.1, 0.15) is 0 Å². The lowest BCUT2D eigenvalue weighted by atomic mass is 10.3. The minimum atomic E-state index is -0.636. The number of nitro benzene ring substituents is 1. The van der Waals surface area contributed by atoms with E-state index in [-0.39, 0.29) is 5.69 Å². The Kier molecular flexibility index (Phi) is 4.19. The molecule has 1 aromatic carbocycles. The molecule has 0 saturated carbocycles. The van der Waals surface area contributed by atoms with Crippen LogP contribution in [0.3, 0.4) is 0 Å². The Labute approximate surface area is 103 Å². The summed E-state index contributed by atoms with van der Waals surface area (Å²) in [5.41, 5.74) is 0.286. The van der Waals surface area contributed by atoms with Gasteiger partial charge in [-0.25, -0.2) is 14.5 Å². The third kappa shape index (κ3) is 3.17. The largest absolute Gasteiger partial charge is 0.341 e. The highest BCUT2D eigenvalue weighted by atomic mass is 16.6. The molecule has 0 saturated heterocycles. The van der Waals surface area contributed by atoms with Crippen LogP contribution in [-0.2, 0) is 0 Å². The zero-order chi connectivity index (χ0) is 13.7. The van der Waals surface area contributed by atoms with Gasteiger partial charge in [-0.1, -0.05) is 0 Å². The first-order chi connectivity index (χ1) is 8.45. The maximum Gasteiger partial charge on any atom is 0.329 e. The Morgan fingerprint density at radius 1 is 1.22 bits per heavy atom. The number of rotatable bonds is 2. The molecule has 18 heavy (non-hydrogen) atoms. The second-order valence-electron chi connectivity index (χ2n) is 3.35. The van der Waals surface area contributed by atoms with Gasteiger partial charge in [0.15, 0.2) is 0 Å². The molecule has 0 unspecified atom stereocenters. The molecule has 0 aliphatic carbocycles. The summed E-state index contributed by atoms with van der Waals surface area (Å²) in [5.74, 6) is 0. The number of amides is 4. The van der Waals surface area contributed by atoms with E-state index in [1.807, 2.05) is 0 Å². The van der Waals surface area contributed by atoms with E-state index in [0.717, 1.165) is 4.90 Å². The molecule has 8 nitrogen and oxygen atoms in total. The number of non-ortho nitro benzene ring substituents is 1. The molecule has 1 rings (SSSR count). The molecule has 0 aliphatic heterocycles. The Balaban J connectivity index is 2.70. The summed E-state index contributed by atoms with van der Waals surface area (Å²) >= 11 is 0. The number of imide groups is 1. The van der Waals surface area contributed by atoms with Crippen LogP contribution in [0.25, 0.3) is 0 Å². The topological polar surface area (TPSA) is 105 Å². The molecular weight excluding hydrogens is 240 g/mol. The molecule has 0 fully saturated rings. The van der Waals surface area contributed by atoms with Crippen LogP contribution in [0.5, 0.6) is 0 Å². The van der Waals surface area contributed by atoms with Crippen LogP contribution in [0, 0.1) is 10.1 Å². The fourth-order valence-corrected chi connectivity index (χ4v) is 1.13. The number of benzene rings is 1. The van der Waals surface area contributed by atoms with Gasteiger partial charge in [0.05, 0.1) is 4.92 Å². The Bertz CT molecular complexity index is 471. The summed E-state index contributed by atoms with van der Waals surface area (Å²) in [4.78, 5) is 33.4. The van der Waals surface area contributed by atoms with Crippen molar-refractivity contribution in [2.75, 3.05) is 19.4 Å². The third-order valence-electron chi connectivity index (χ3n) is 2.15. The van der Waals surface area contributed by atoms with Gasteiger partial charge in [0.25, 0.3) is 5.69 Å². The SMILES string of the molecule is CNC(=O)N(C)C(=O)Nc1ccc([N+](=O)[O-])cc1. The smallest absolute Gasteiger partial charge is 0.329 e. The maximum absolute atomic E-state index is 11.6. The molecular formula is C10H12N4O4. The Hall–Kier alpha value is -2.64. The van der Waals surface area contributed by atoms with Crippen molar-refractivity contribution < 1.29 is 14.5 Å². The van der Waals surface area contributed by atoms with Gasteiger partial charge in [-0.3, -0.25) is 10.1 Å². The highest BCUT2D eigenvalue weighted by Crippen LogP contribution is 2.15. The zero-order valence-electron chi connectivity index (χ0n) is 9.84. The maximum atomic E-state index is 11.6. The lowest BCUT2D eigenvalue weighted by Gasteiger charge is -2.15. The van der Waals surface area contributed by atoms with Crippen LogP contribution < -0.4 is 10.6 Å². The summed E-state index contributed by atoms with van der Waals surface area (Å²) in [6, 6.07) is 4.09. The summed E-state index contributed by atoms with van der Waals surface area (Å²) in [5, 5.41) is 15.1. The van der Waals surface area contributed by atoms with Gasteiger partial charge in [0, 0.05) is 31.9 Å². The van der Waals surface area contributed by atoms with Gasteiger partial charge in [0.2, 0.25) is 0 Å². The summed E-state index contributed by atoms with van der Waals surface area (Å²) in [6.07, 6.45) is 0. The first kappa shape index (κ1) is 13.4. The highest BCUT2D eigenvalue weighted by Gasteiger charge is 2.15. The molecule has 0 bridgehead atoms. The van der Waals surface area contributed by atoms with Gasteiger partial charge in [-0.15, -0.1) is 0 Å². The lowest BCUT2D eigenvalue weighted by molar-refractivity contribution is -0.384. The van der Waals surface area contributed by atoms with Gasteiger partial charge in [0.1, 0.15) is 0 Å². The number of hydrogen-bond acceptors (Lipinski definition) is 4. The van der Waals surface area contributed by atoms with Crippen molar-refractivity contribution >= 4 is 23.4 Å². The molecule has 1 aromatic rings. The number of carbonyl (C=O) groups excluding carboxylic acids is 2. The van der Waals surface area contributed by atoms with Crippen molar-refractivity contribution in [2.45, 2.75) is 0 Å². The van der Waals surface area contributed by atoms with Crippen molar-refractivity contribution in [1.82, 2.24) is 10.2 Å². The van der Waals surface area contributed by atoms with E-state index in [4.69, 9.17) is 0 Å². The molecule has 0 radical (unpaired) electrons. The summed E-state index contributed by atoms with van der Waals surface area (Å²) in [7, 11) is 2.71. The molecule has 8 heteroatoms. The number of nitrogens with one attached hydrogen (secondary N) is 2. The molecule has 0 heterocycles. The van der Waals surface area contributed by atoms with Crippen LogP contribution in [0.4, 0.5) is 21.0 Å². The second kappa shape index (κ2) is 5.62. The monoisotopic (exact) mass is 252 g/mol. The first-order valence-corrected chi connectivity index (χ1v) is 4.96. The van der Waals surface area contributed by atoms with Gasteiger partial charge in [-0.2, -0.15) is 0 Å². The minimum Gasteiger partial charge on any atom is -0.341 e. The van der Waals surface area contributed by atoms with Gasteiger partial charge < -0.3 is 10.6 Å². The second-order valence-corrected chi connectivity index (χ2v) is 3.35. The van der Waals surface area contributed by atoms with Crippen LogP contribution >= 0.6 is 0 Å². The highest BCUT2D eigenvalue weighted by molar-refractivity contribution is 6.00. The summed E-state index contributed by atoms with van der Waals surface area (Å²) in [6.45, 7) is 0. The first-order valence-electron chi connectivity index (χ1n) is 4.96. The van der Waals surface area contributed by atoms with Crippen molar-refractivity contribution in [3.05, 3.63) is 34.4 Å². The molecule has 2 N–H and O–H groups in total. The van der Waals surface area contributed by atoms with Crippen LogP contribution in [0.2, 0.25) is 0 Å². The van der Waals surface area contributed by atoms with E-state index in [0.29, 0.717) is 5.69 Å². The normalized spacial score (nSPS) is 9.44. The van der Waals surface area contributed by atoms with E-state index in [2.05, 4.69) is 10.6 Å². The molecule has 0 aliphatic rings. The zero-order valence-corrected chi connectivity index (χ0v) is 9.84. The molecule has 96 valence electrons. The van der Waals surface area contributed by atoms with Crippen LogP contribution in [0.15, 0.2) is 24.3 Å². The van der Waals surface area contributed by atoms with E-state index >= 15 is 0 Å². The number of nitrogens with zero attached hydrogens (tertiary/aromatic N) is 2. The van der Waals surface area contributed by atoms with E-state index < -0.39 is 17.0 Å². The molecule has 4 amide bonds. The lowest BCUT2D eigenvalue weighted by Crippen LogP contribution is -2.41. The van der Waals surface area contributed by atoms with Crippen molar-refractivity contribution in [2.24, 2.45) is 0 Å². The fourth-order valence-electron chi connectivity index (χ4n) is 1.13. The average Bonchev–Trinajstić information content (AvgIpc) is 2.37. The average molecular weight is 252 g/mol. The Morgan fingerprint density at radius 3 is 2.22 bits per heavy atom. The third-order valence-corrected chi connectivity index (χ3v) is 2.15. The number of carbonyl (C=O) groups is 2. The van der Waals surface area contributed by atoms with E-state index in [1.165, 1.54) is 38.4 Å². The van der Waals surface area contributed by atoms with Crippen molar-refractivity contribution in [3.8, 4) is 0 Å².